The van der Waals surface area contributed by atoms with Crippen LogP contribution in [0.1, 0.15) is 43.5 Å². The Morgan fingerprint density at radius 1 is 1.29 bits per heavy atom. The summed E-state index contributed by atoms with van der Waals surface area (Å²) in [6, 6.07) is 8.15. The second-order valence-electron chi connectivity index (χ2n) is 6.37. The molecule has 6 heteroatoms. The molecule has 0 radical (unpaired) electrons. The van der Waals surface area contributed by atoms with E-state index in [0.717, 1.165) is 37.3 Å². The van der Waals surface area contributed by atoms with Crippen LogP contribution in [0, 0.1) is 5.92 Å². The van der Waals surface area contributed by atoms with Crippen LogP contribution in [0.3, 0.4) is 0 Å². The van der Waals surface area contributed by atoms with E-state index in [1.807, 2.05) is 24.3 Å². The fourth-order valence-corrected chi connectivity index (χ4v) is 2.83. The molecule has 0 aromatic heterocycles. The maximum absolute atomic E-state index is 12.4. The fraction of sp³-hybridized carbons (Fsp3) is 0.611. The Kier molecular flexibility index (Phi) is 11.1. The van der Waals surface area contributed by atoms with Gasteiger partial charge in [0, 0.05) is 37.4 Å². The van der Waals surface area contributed by atoms with Crippen molar-refractivity contribution in [2.24, 2.45) is 5.92 Å². The Morgan fingerprint density at radius 3 is 2.54 bits per heavy atom. The molecule has 1 heterocycles. The number of unbranched alkanes of at least 4 members (excludes halogenated alkanes) is 1. The molecule has 2 rings (SSSR count). The van der Waals surface area contributed by atoms with E-state index in [9.17, 15) is 4.79 Å². The maximum Gasteiger partial charge on any atom is 0.251 e. The smallest absolute Gasteiger partial charge is 0.251 e. The Hall–Kier alpha value is -0.970. The van der Waals surface area contributed by atoms with Crippen LogP contribution in [0.25, 0.3) is 0 Å². The van der Waals surface area contributed by atoms with E-state index < -0.39 is 0 Å². The number of amides is 1. The first kappa shape index (κ1) is 23.0. The van der Waals surface area contributed by atoms with Crippen LogP contribution in [0.2, 0.25) is 0 Å². The lowest BCUT2D eigenvalue weighted by Gasteiger charge is -2.30. The molecule has 0 saturated carbocycles. The molecule has 0 bridgehead atoms. The first-order chi connectivity index (χ1) is 10.6. The molecule has 1 fully saturated rings. The Morgan fingerprint density at radius 2 is 1.96 bits per heavy atom. The first-order valence-electron chi connectivity index (χ1n) is 8.44. The largest absolute Gasteiger partial charge is 0.375 e. The van der Waals surface area contributed by atoms with Crippen molar-refractivity contribution in [1.82, 2.24) is 10.6 Å². The topological polar surface area (TPSA) is 44.4 Å². The number of benzene rings is 1. The first-order valence-corrected chi connectivity index (χ1v) is 8.44. The lowest BCUT2D eigenvalue weighted by atomic mass is 9.94. The zero-order valence-corrected chi connectivity index (χ0v) is 16.5. The van der Waals surface area contributed by atoms with Gasteiger partial charge in [-0.05, 0) is 49.6 Å². The lowest BCUT2D eigenvalue weighted by Crippen LogP contribution is -2.50. The minimum atomic E-state index is 0. The molecule has 1 amide bonds. The second-order valence-corrected chi connectivity index (χ2v) is 6.37. The van der Waals surface area contributed by atoms with Crippen molar-refractivity contribution in [3.63, 3.8) is 0 Å². The average molecular weight is 376 g/mol. The van der Waals surface area contributed by atoms with Crippen molar-refractivity contribution in [2.75, 3.05) is 31.6 Å². The van der Waals surface area contributed by atoms with Crippen molar-refractivity contribution in [1.29, 1.82) is 0 Å². The quantitative estimate of drug-likeness (QED) is 0.799. The highest BCUT2D eigenvalue weighted by molar-refractivity contribution is 5.94. The van der Waals surface area contributed by atoms with E-state index in [1.165, 1.54) is 12.8 Å². The summed E-state index contributed by atoms with van der Waals surface area (Å²) in [7, 11) is 2.10. The number of nitrogens with zero attached hydrogens (tertiary/aromatic N) is 1. The van der Waals surface area contributed by atoms with Gasteiger partial charge in [0.25, 0.3) is 5.91 Å². The Labute approximate surface area is 158 Å². The minimum Gasteiger partial charge on any atom is -0.375 e. The van der Waals surface area contributed by atoms with Gasteiger partial charge in [0.2, 0.25) is 0 Å². The second kappa shape index (κ2) is 11.6. The molecular formula is C18H31Cl2N3O. The van der Waals surface area contributed by atoms with Gasteiger partial charge in [0.1, 0.15) is 0 Å². The molecule has 2 unspecified atom stereocenters. The van der Waals surface area contributed by atoms with E-state index in [1.54, 1.807) is 0 Å². The molecule has 1 aromatic rings. The highest BCUT2D eigenvalue weighted by Crippen LogP contribution is 2.16. The zero-order chi connectivity index (χ0) is 15.9. The summed E-state index contributed by atoms with van der Waals surface area (Å²) in [6.45, 7) is 7.37. The molecule has 1 aliphatic heterocycles. The lowest BCUT2D eigenvalue weighted by molar-refractivity contribution is 0.0915. The fourth-order valence-electron chi connectivity index (χ4n) is 2.83. The number of piperidine rings is 1. The van der Waals surface area contributed by atoms with Crippen LogP contribution in [-0.2, 0) is 0 Å². The van der Waals surface area contributed by atoms with Crippen LogP contribution in [0.5, 0.6) is 0 Å². The highest BCUT2D eigenvalue weighted by atomic mass is 35.5. The third-order valence-corrected chi connectivity index (χ3v) is 4.56. The number of hydrogen-bond acceptors (Lipinski definition) is 3. The molecule has 2 atom stereocenters. The number of nitrogens with one attached hydrogen (secondary N) is 2. The van der Waals surface area contributed by atoms with Gasteiger partial charge in [-0.15, -0.1) is 24.8 Å². The third kappa shape index (κ3) is 6.50. The Balaban J connectivity index is 0.00000264. The van der Waals surface area contributed by atoms with Gasteiger partial charge in [-0.2, -0.15) is 0 Å². The predicted molar refractivity (Wildman–Crippen MR) is 107 cm³/mol. The van der Waals surface area contributed by atoms with Gasteiger partial charge in [0.15, 0.2) is 0 Å². The SMILES string of the molecule is CCCCN(C)c1ccc(C(=O)NC2CNCCC2C)cc1.Cl.Cl. The summed E-state index contributed by atoms with van der Waals surface area (Å²) in [5.74, 6) is 0.563. The van der Waals surface area contributed by atoms with Gasteiger partial charge < -0.3 is 15.5 Å². The van der Waals surface area contributed by atoms with E-state index in [0.29, 0.717) is 5.92 Å². The van der Waals surface area contributed by atoms with Gasteiger partial charge in [-0.1, -0.05) is 20.3 Å². The minimum absolute atomic E-state index is 0. The Bertz CT molecular complexity index is 482. The van der Waals surface area contributed by atoms with E-state index in [2.05, 4.69) is 36.4 Å². The summed E-state index contributed by atoms with van der Waals surface area (Å²) in [5, 5.41) is 6.50. The molecule has 1 saturated heterocycles. The molecule has 4 nitrogen and oxygen atoms in total. The normalized spacial score (nSPS) is 19.6. The van der Waals surface area contributed by atoms with Crippen LogP contribution in [0.15, 0.2) is 24.3 Å². The highest BCUT2D eigenvalue weighted by Gasteiger charge is 2.22. The number of anilines is 1. The van der Waals surface area contributed by atoms with Crippen molar-refractivity contribution in [2.45, 2.75) is 39.2 Å². The standard InChI is InChI=1S/C18H29N3O.2ClH/c1-4-5-12-21(3)16-8-6-15(7-9-16)18(22)20-17-13-19-11-10-14(17)2;;/h6-9,14,17,19H,4-5,10-13H2,1-3H3,(H,20,22);2*1H. The molecule has 1 aliphatic rings. The number of carbonyl (C=O) groups is 1. The number of carbonyl (C=O) groups excluding carboxylic acids is 1. The summed E-state index contributed by atoms with van der Waals surface area (Å²) >= 11 is 0. The molecular weight excluding hydrogens is 345 g/mol. The van der Waals surface area contributed by atoms with Crippen LogP contribution >= 0.6 is 24.8 Å². The van der Waals surface area contributed by atoms with Crippen molar-refractivity contribution >= 4 is 36.4 Å². The number of hydrogen-bond donors (Lipinski definition) is 2. The summed E-state index contributed by atoms with van der Waals surface area (Å²) in [4.78, 5) is 14.6. The summed E-state index contributed by atoms with van der Waals surface area (Å²) in [5.41, 5.74) is 1.91. The van der Waals surface area contributed by atoms with Crippen molar-refractivity contribution < 1.29 is 4.79 Å². The van der Waals surface area contributed by atoms with E-state index in [4.69, 9.17) is 0 Å². The maximum atomic E-state index is 12.4. The van der Waals surface area contributed by atoms with Crippen molar-refractivity contribution in [3.05, 3.63) is 29.8 Å². The molecule has 24 heavy (non-hydrogen) atoms. The van der Waals surface area contributed by atoms with Gasteiger partial charge in [0.05, 0.1) is 0 Å². The van der Waals surface area contributed by atoms with E-state index in [-0.39, 0.29) is 36.8 Å². The van der Waals surface area contributed by atoms with Crippen LogP contribution in [0.4, 0.5) is 5.69 Å². The van der Waals surface area contributed by atoms with Gasteiger partial charge in [-0.25, -0.2) is 0 Å². The van der Waals surface area contributed by atoms with Crippen LogP contribution < -0.4 is 15.5 Å². The molecule has 0 spiro atoms. The van der Waals surface area contributed by atoms with Crippen molar-refractivity contribution in [3.8, 4) is 0 Å². The number of halogens is 2. The third-order valence-electron chi connectivity index (χ3n) is 4.56. The molecule has 0 aliphatic carbocycles. The molecule has 138 valence electrons. The zero-order valence-electron chi connectivity index (χ0n) is 14.9. The summed E-state index contributed by atoms with van der Waals surface area (Å²) in [6.07, 6.45) is 3.50. The average Bonchev–Trinajstić information content (AvgIpc) is 2.55. The predicted octanol–water partition coefficient (Wildman–Crippen LogP) is 3.49. The van der Waals surface area contributed by atoms with Gasteiger partial charge in [-0.3, -0.25) is 4.79 Å². The summed E-state index contributed by atoms with van der Waals surface area (Å²) < 4.78 is 0. The molecule has 2 N–H and O–H groups in total. The van der Waals surface area contributed by atoms with Gasteiger partial charge >= 0.3 is 0 Å². The van der Waals surface area contributed by atoms with E-state index >= 15 is 0 Å². The monoisotopic (exact) mass is 375 g/mol. The number of rotatable bonds is 6. The van der Waals surface area contributed by atoms with Crippen LogP contribution in [-0.4, -0.2) is 38.6 Å². The molecule has 1 aromatic carbocycles.